The third-order valence-corrected chi connectivity index (χ3v) is 3.73. The molecule has 3 heteroatoms. The Balaban J connectivity index is 2.12. The van der Waals surface area contributed by atoms with Crippen LogP contribution in [0.4, 0.5) is 0 Å². The van der Waals surface area contributed by atoms with Gasteiger partial charge < -0.3 is 5.32 Å². The first-order chi connectivity index (χ1) is 8.20. The smallest absolute Gasteiger partial charge is 0.0809 e. The SMILES string of the molecule is C=CCC(C)NC(C)c1cnc2ccsc2c1. The summed E-state index contributed by atoms with van der Waals surface area (Å²) < 4.78 is 1.26. The standard InChI is InChI=1S/C14H18N2S/c1-4-5-10(2)16-11(3)12-8-14-13(15-9-12)6-7-17-14/h4,6-11,16H,1,5H2,2-3H3. The molecule has 0 saturated heterocycles. The first-order valence-corrected chi connectivity index (χ1v) is 6.78. The molecule has 0 saturated carbocycles. The lowest BCUT2D eigenvalue weighted by molar-refractivity contribution is 0.482. The lowest BCUT2D eigenvalue weighted by atomic mass is 10.1. The third kappa shape index (κ3) is 2.93. The summed E-state index contributed by atoms with van der Waals surface area (Å²) in [5, 5.41) is 5.63. The van der Waals surface area contributed by atoms with Crippen molar-refractivity contribution in [3.8, 4) is 0 Å². The summed E-state index contributed by atoms with van der Waals surface area (Å²) in [6.07, 6.45) is 4.90. The summed E-state index contributed by atoms with van der Waals surface area (Å²) in [4.78, 5) is 4.47. The Kier molecular flexibility index (Phi) is 3.92. The fourth-order valence-corrected chi connectivity index (χ4v) is 2.73. The minimum absolute atomic E-state index is 0.323. The number of hydrogen-bond acceptors (Lipinski definition) is 3. The van der Waals surface area contributed by atoms with Crippen LogP contribution in [-0.2, 0) is 0 Å². The second kappa shape index (κ2) is 5.43. The number of nitrogens with one attached hydrogen (secondary N) is 1. The summed E-state index contributed by atoms with van der Waals surface area (Å²) in [7, 11) is 0. The normalized spacial score (nSPS) is 14.7. The fraction of sp³-hybridized carbons (Fsp3) is 0.357. The van der Waals surface area contributed by atoms with E-state index in [9.17, 15) is 0 Å². The molecule has 0 spiro atoms. The molecule has 2 aromatic rings. The van der Waals surface area contributed by atoms with Crippen LogP contribution in [0.2, 0.25) is 0 Å². The van der Waals surface area contributed by atoms with Crippen LogP contribution in [0.3, 0.4) is 0 Å². The van der Waals surface area contributed by atoms with Gasteiger partial charge in [0.25, 0.3) is 0 Å². The van der Waals surface area contributed by atoms with Crippen LogP contribution in [0.15, 0.2) is 36.4 Å². The summed E-state index contributed by atoms with van der Waals surface area (Å²) in [6, 6.07) is 5.05. The molecule has 1 N–H and O–H groups in total. The van der Waals surface area contributed by atoms with E-state index in [0.29, 0.717) is 12.1 Å². The van der Waals surface area contributed by atoms with Crippen molar-refractivity contribution in [1.29, 1.82) is 0 Å². The molecule has 0 radical (unpaired) electrons. The number of fused-ring (bicyclic) bond motifs is 1. The first kappa shape index (κ1) is 12.3. The predicted molar refractivity (Wildman–Crippen MR) is 75.4 cm³/mol. The van der Waals surface area contributed by atoms with Gasteiger partial charge in [-0.3, -0.25) is 4.98 Å². The molecule has 0 aliphatic carbocycles. The van der Waals surface area contributed by atoms with Crippen molar-refractivity contribution in [2.75, 3.05) is 0 Å². The number of rotatable bonds is 5. The highest BCUT2D eigenvalue weighted by Crippen LogP contribution is 2.22. The molecule has 2 unspecified atom stereocenters. The van der Waals surface area contributed by atoms with Crippen LogP contribution in [-0.4, -0.2) is 11.0 Å². The Morgan fingerprint density at radius 3 is 3.12 bits per heavy atom. The molecule has 0 aliphatic rings. The second-order valence-electron chi connectivity index (χ2n) is 4.39. The van der Waals surface area contributed by atoms with Crippen LogP contribution >= 0.6 is 11.3 Å². The van der Waals surface area contributed by atoms with Gasteiger partial charge in [0.2, 0.25) is 0 Å². The third-order valence-electron chi connectivity index (χ3n) is 2.88. The van der Waals surface area contributed by atoms with Gasteiger partial charge in [0, 0.05) is 18.3 Å². The van der Waals surface area contributed by atoms with Gasteiger partial charge in [-0.2, -0.15) is 0 Å². The maximum absolute atomic E-state index is 4.47. The van der Waals surface area contributed by atoms with Crippen LogP contribution in [0.1, 0.15) is 31.9 Å². The van der Waals surface area contributed by atoms with E-state index in [1.54, 1.807) is 11.3 Å². The molecule has 0 aliphatic heterocycles. The van der Waals surface area contributed by atoms with Gasteiger partial charge in [-0.15, -0.1) is 17.9 Å². The number of thiophene rings is 1. The van der Waals surface area contributed by atoms with E-state index in [1.165, 1.54) is 10.3 Å². The zero-order chi connectivity index (χ0) is 12.3. The van der Waals surface area contributed by atoms with Gasteiger partial charge in [0.05, 0.1) is 10.2 Å². The summed E-state index contributed by atoms with van der Waals surface area (Å²) >= 11 is 1.74. The number of hydrogen-bond donors (Lipinski definition) is 1. The molecule has 2 aromatic heterocycles. The van der Waals surface area contributed by atoms with E-state index >= 15 is 0 Å². The molecular formula is C14H18N2S. The molecule has 0 aromatic carbocycles. The quantitative estimate of drug-likeness (QED) is 0.809. The van der Waals surface area contributed by atoms with Gasteiger partial charge in [-0.1, -0.05) is 6.08 Å². The molecule has 90 valence electrons. The van der Waals surface area contributed by atoms with E-state index < -0.39 is 0 Å². The molecule has 2 atom stereocenters. The minimum atomic E-state index is 0.323. The van der Waals surface area contributed by atoms with Crippen molar-refractivity contribution in [1.82, 2.24) is 10.3 Å². The zero-order valence-corrected chi connectivity index (χ0v) is 11.1. The second-order valence-corrected chi connectivity index (χ2v) is 5.33. The Morgan fingerprint density at radius 1 is 1.53 bits per heavy atom. The minimum Gasteiger partial charge on any atom is -0.307 e. The molecule has 0 amide bonds. The van der Waals surface area contributed by atoms with Gasteiger partial charge >= 0.3 is 0 Å². The maximum atomic E-state index is 4.47. The molecule has 17 heavy (non-hydrogen) atoms. The number of nitrogens with zero attached hydrogens (tertiary/aromatic N) is 1. The molecular weight excluding hydrogens is 228 g/mol. The van der Waals surface area contributed by atoms with Crippen molar-refractivity contribution in [3.63, 3.8) is 0 Å². The molecule has 2 rings (SSSR count). The van der Waals surface area contributed by atoms with E-state index in [1.807, 2.05) is 12.3 Å². The van der Waals surface area contributed by atoms with Crippen molar-refractivity contribution in [3.05, 3.63) is 41.9 Å². The summed E-state index contributed by atoms with van der Waals surface area (Å²) in [5.41, 5.74) is 2.33. The van der Waals surface area contributed by atoms with Crippen LogP contribution in [0.5, 0.6) is 0 Å². The largest absolute Gasteiger partial charge is 0.307 e. The highest BCUT2D eigenvalue weighted by Gasteiger charge is 2.09. The van der Waals surface area contributed by atoms with Crippen LogP contribution < -0.4 is 5.32 Å². The van der Waals surface area contributed by atoms with Gasteiger partial charge in [-0.05, 0) is 43.3 Å². The van der Waals surface area contributed by atoms with Crippen LogP contribution in [0, 0.1) is 0 Å². The number of aromatic nitrogens is 1. The highest BCUT2D eigenvalue weighted by atomic mass is 32.1. The van der Waals surface area contributed by atoms with Gasteiger partial charge in [0.15, 0.2) is 0 Å². The molecule has 0 fully saturated rings. The lowest BCUT2D eigenvalue weighted by Crippen LogP contribution is -2.28. The Morgan fingerprint density at radius 2 is 2.35 bits per heavy atom. The Bertz CT molecular complexity index is 504. The van der Waals surface area contributed by atoms with E-state index in [-0.39, 0.29) is 0 Å². The Hall–Kier alpha value is -1.19. The highest BCUT2D eigenvalue weighted by molar-refractivity contribution is 7.17. The predicted octanol–water partition coefficient (Wildman–Crippen LogP) is 3.91. The van der Waals surface area contributed by atoms with Crippen molar-refractivity contribution >= 4 is 21.6 Å². The van der Waals surface area contributed by atoms with Crippen molar-refractivity contribution in [2.45, 2.75) is 32.4 Å². The average Bonchev–Trinajstić information content (AvgIpc) is 2.75. The van der Waals surface area contributed by atoms with Gasteiger partial charge in [0.1, 0.15) is 0 Å². The molecule has 2 nitrogen and oxygen atoms in total. The van der Waals surface area contributed by atoms with E-state index in [0.717, 1.165) is 11.9 Å². The summed E-state index contributed by atoms with van der Waals surface area (Å²) in [5.74, 6) is 0. The summed E-state index contributed by atoms with van der Waals surface area (Å²) in [6.45, 7) is 8.12. The zero-order valence-electron chi connectivity index (χ0n) is 10.3. The van der Waals surface area contributed by atoms with E-state index in [2.05, 4.69) is 48.2 Å². The van der Waals surface area contributed by atoms with E-state index in [4.69, 9.17) is 0 Å². The van der Waals surface area contributed by atoms with Crippen LogP contribution in [0.25, 0.3) is 10.2 Å². The maximum Gasteiger partial charge on any atom is 0.0809 e. The number of pyridine rings is 1. The van der Waals surface area contributed by atoms with Crippen molar-refractivity contribution < 1.29 is 0 Å². The monoisotopic (exact) mass is 246 g/mol. The van der Waals surface area contributed by atoms with Crippen molar-refractivity contribution in [2.24, 2.45) is 0 Å². The molecule has 2 heterocycles. The first-order valence-electron chi connectivity index (χ1n) is 5.91. The topological polar surface area (TPSA) is 24.9 Å². The molecule has 0 bridgehead atoms. The fourth-order valence-electron chi connectivity index (χ4n) is 1.94. The van der Waals surface area contributed by atoms with Gasteiger partial charge in [-0.25, -0.2) is 0 Å². The lowest BCUT2D eigenvalue weighted by Gasteiger charge is -2.19. The Labute approximate surface area is 106 Å². The average molecular weight is 246 g/mol.